The minimum Gasteiger partial charge on any atom is -0.350 e. The summed E-state index contributed by atoms with van der Waals surface area (Å²) in [7, 11) is 0. The van der Waals surface area contributed by atoms with Gasteiger partial charge in [0.05, 0.1) is 6.54 Å². The number of nitriles is 1. The van der Waals surface area contributed by atoms with Crippen LogP contribution in [0.4, 0.5) is 0 Å². The zero-order valence-corrected chi connectivity index (χ0v) is 14.5. The number of nitrogens with one attached hydrogen (secondary N) is 1. The molecule has 0 bridgehead atoms. The van der Waals surface area contributed by atoms with Crippen molar-refractivity contribution in [1.29, 1.82) is 5.26 Å². The van der Waals surface area contributed by atoms with Gasteiger partial charge in [-0.1, -0.05) is 12.5 Å². The lowest BCUT2D eigenvalue weighted by atomic mass is 10.1. The molecule has 0 unspecified atom stereocenters. The van der Waals surface area contributed by atoms with Crippen LogP contribution in [0, 0.1) is 11.3 Å². The Kier molecular flexibility index (Phi) is 5.14. The lowest BCUT2D eigenvalue weighted by Gasteiger charge is -2.14. The third kappa shape index (κ3) is 3.56. The van der Waals surface area contributed by atoms with Gasteiger partial charge in [-0.25, -0.2) is 9.36 Å². The number of thiophene rings is 1. The van der Waals surface area contributed by atoms with Crippen molar-refractivity contribution in [3.05, 3.63) is 54.5 Å². The van der Waals surface area contributed by atoms with Crippen molar-refractivity contribution in [2.45, 2.75) is 45.3 Å². The van der Waals surface area contributed by atoms with E-state index in [9.17, 15) is 19.6 Å². The van der Waals surface area contributed by atoms with E-state index in [0.717, 1.165) is 28.7 Å². The molecule has 7 nitrogen and oxygen atoms in total. The van der Waals surface area contributed by atoms with Crippen LogP contribution in [0.5, 0.6) is 0 Å². The first-order valence-corrected chi connectivity index (χ1v) is 9.05. The number of carbonyl (C=O) groups is 1. The molecule has 0 aliphatic carbocycles. The molecule has 0 saturated heterocycles. The third-order valence-electron chi connectivity index (χ3n) is 4.28. The van der Waals surface area contributed by atoms with Crippen LogP contribution in [0.25, 0.3) is 0 Å². The largest absolute Gasteiger partial charge is 0.350 e. The van der Waals surface area contributed by atoms with Gasteiger partial charge in [-0.15, -0.1) is 11.3 Å². The molecule has 3 heterocycles. The molecule has 0 aromatic carbocycles. The number of aromatic nitrogens is 2. The fraction of sp³-hybridized carbons (Fsp3) is 0.412. The molecule has 25 heavy (non-hydrogen) atoms. The van der Waals surface area contributed by atoms with E-state index < -0.39 is 17.2 Å². The summed E-state index contributed by atoms with van der Waals surface area (Å²) in [4.78, 5) is 38.3. The highest BCUT2D eigenvalue weighted by atomic mass is 32.1. The molecular weight excluding hydrogens is 340 g/mol. The summed E-state index contributed by atoms with van der Waals surface area (Å²) >= 11 is 1.51. The van der Waals surface area contributed by atoms with Crippen LogP contribution < -0.4 is 16.6 Å². The summed E-state index contributed by atoms with van der Waals surface area (Å²) in [5, 5.41) is 14.0. The summed E-state index contributed by atoms with van der Waals surface area (Å²) in [5.74, 6) is -0.425. The zero-order chi connectivity index (χ0) is 17.8. The monoisotopic (exact) mass is 358 g/mol. The minimum atomic E-state index is -0.674. The fourth-order valence-corrected chi connectivity index (χ4v) is 3.67. The Balaban J connectivity index is 1.89. The maximum absolute atomic E-state index is 12.7. The summed E-state index contributed by atoms with van der Waals surface area (Å²) in [6, 6.07) is 5.70. The van der Waals surface area contributed by atoms with Crippen molar-refractivity contribution in [3.8, 4) is 6.07 Å². The summed E-state index contributed by atoms with van der Waals surface area (Å²) in [5.41, 5.74) is -0.697. The first kappa shape index (κ1) is 17.2. The minimum absolute atomic E-state index is 0.0208. The van der Waals surface area contributed by atoms with Gasteiger partial charge >= 0.3 is 5.69 Å². The smallest absolute Gasteiger partial charge is 0.331 e. The van der Waals surface area contributed by atoms with Gasteiger partial charge < -0.3 is 5.32 Å². The van der Waals surface area contributed by atoms with E-state index in [1.165, 1.54) is 15.9 Å². The van der Waals surface area contributed by atoms with Gasteiger partial charge in [-0.05, 0) is 30.7 Å². The second-order valence-corrected chi connectivity index (χ2v) is 6.96. The van der Waals surface area contributed by atoms with Gasteiger partial charge in [0.25, 0.3) is 5.56 Å². The van der Waals surface area contributed by atoms with Gasteiger partial charge in [0.1, 0.15) is 18.2 Å². The van der Waals surface area contributed by atoms with E-state index in [2.05, 4.69) is 5.32 Å². The molecule has 0 saturated carbocycles. The SMILES string of the molecule is N#Cc1c2n(c(=O)n(CC(=O)NCc3cccs3)c1=O)CCCCC2. The highest BCUT2D eigenvalue weighted by Crippen LogP contribution is 2.14. The molecule has 1 amide bonds. The molecule has 1 aliphatic rings. The summed E-state index contributed by atoms with van der Waals surface area (Å²) in [6.07, 6.45) is 3.15. The Bertz CT molecular complexity index is 935. The quantitative estimate of drug-likeness (QED) is 0.881. The highest BCUT2D eigenvalue weighted by Gasteiger charge is 2.21. The van der Waals surface area contributed by atoms with Crippen molar-refractivity contribution in [2.24, 2.45) is 0 Å². The average molecular weight is 358 g/mol. The molecule has 0 fully saturated rings. The Hall–Kier alpha value is -2.66. The first-order valence-electron chi connectivity index (χ1n) is 8.17. The van der Waals surface area contributed by atoms with Crippen molar-refractivity contribution in [2.75, 3.05) is 0 Å². The lowest BCUT2D eigenvalue weighted by Crippen LogP contribution is -2.46. The molecule has 1 N–H and O–H groups in total. The zero-order valence-electron chi connectivity index (χ0n) is 13.7. The molecule has 0 atom stereocenters. The topological polar surface area (TPSA) is 96.9 Å². The second kappa shape index (κ2) is 7.49. The number of fused-ring (bicyclic) bond motifs is 1. The predicted molar refractivity (Wildman–Crippen MR) is 93.4 cm³/mol. The Morgan fingerprint density at radius 3 is 2.88 bits per heavy atom. The van der Waals surface area contributed by atoms with E-state index in [4.69, 9.17) is 0 Å². The number of nitrogens with zero attached hydrogens (tertiary/aromatic N) is 3. The van der Waals surface area contributed by atoms with Crippen LogP contribution in [0.1, 0.15) is 35.4 Å². The van der Waals surface area contributed by atoms with E-state index in [0.29, 0.717) is 25.2 Å². The molecule has 3 rings (SSSR count). The van der Waals surface area contributed by atoms with Crippen LogP contribution >= 0.6 is 11.3 Å². The lowest BCUT2D eigenvalue weighted by molar-refractivity contribution is -0.121. The first-order chi connectivity index (χ1) is 12.1. The van der Waals surface area contributed by atoms with Crippen molar-refractivity contribution >= 4 is 17.2 Å². The predicted octanol–water partition coefficient (Wildman–Crippen LogP) is 0.986. The number of carbonyl (C=O) groups excluding carboxylic acids is 1. The van der Waals surface area contributed by atoms with Crippen molar-refractivity contribution in [3.63, 3.8) is 0 Å². The van der Waals surface area contributed by atoms with Crippen LogP contribution in [-0.4, -0.2) is 15.0 Å². The van der Waals surface area contributed by atoms with Gasteiger partial charge in [-0.2, -0.15) is 5.26 Å². The van der Waals surface area contributed by atoms with Crippen LogP contribution in [-0.2, 0) is 30.8 Å². The van der Waals surface area contributed by atoms with Crippen molar-refractivity contribution in [1.82, 2.24) is 14.5 Å². The molecule has 2 aromatic heterocycles. The van der Waals surface area contributed by atoms with Gasteiger partial charge in [0.2, 0.25) is 5.91 Å². The van der Waals surface area contributed by atoms with Gasteiger partial charge in [0, 0.05) is 17.1 Å². The number of amides is 1. The third-order valence-corrected chi connectivity index (χ3v) is 5.16. The molecule has 0 radical (unpaired) electrons. The van der Waals surface area contributed by atoms with E-state index in [1.807, 2.05) is 23.6 Å². The standard InChI is InChI=1S/C17H18N4O3S/c18-9-13-14-6-2-1-3-7-20(14)17(24)21(16(13)23)11-15(22)19-10-12-5-4-8-25-12/h4-5,8H,1-3,6-7,10-11H2,(H,19,22). The Morgan fingerprint density at radius 2 is 2.16 bits per heavy atom. The fourth-order valence-electron chi connectivity index (χ4n) is 3.02. The maximum Gasteiger partial charge on any atom is 0.331 e. The summed E-state index contributed by atoms with van der Waals surface area (Å²) < 4.78 is 2.36. The number of hydrogen-bond acceptors (Lipinski definition) is 5. The average Bonchev–Trinajstić information content (AvgIpc) is 3.01. The molecule has 8 heteroatoms. The molecule has 1 aliphatic heterocycles. The van der Waals surface area contributed by atoms with E-state index in [-0.39, 0.29) is 12.1 Å². The summed E-state index contributed by atoms with van der Waals surface area (Å²) in [6.45, 7) is 0.445. The van der Waals surface area contributed by atoms with Gasteiger partial charge in [0.15, 0.2) is 0 Å². The Morgan fingerprint density at radius 1 is 1.32 bits per heavy atom. The Labute approximate surface area is 148 Å². The van der Waals surface area contributed by atoms with E-state index in [1.54, 1.807) is 0 Å². The maximum atomic E-state index is 12.7. The molecule has 2 aromatic rings. The van der Waals surface area contributed by atoms with Crippen molar-refractivity contribution < 1.29 is 4.79 Å². The number of hydrogen-bond donors (Lipinski definition) is 1. The molecular formula is C17H18N4O3S. The second-order valence-electron chi connectivity index (χ2n) is 5.93. The van der Waals surface area contributed by atoms with Gasteiger partial charge in [-0.3, -0.25) is 14.2 Å². The van der Waals surface area contributed by atoms with Crippen LogP contribution in [0.3, 0.4) is 0 Å². The molecule has 0 spiro atoms. The normalized spacial score (nSPS) is 13.6. The van der Waals surface area contributed by atoms with Crippen LogP contribution in [0.2, 0.25) is 0 Å². The molecule has 130 valence electrons. The number of rotatable bonds is 4. The van der Waals surface area contributed by atoms with Crippen LogP contribution in [0.15, 0.2) is 27.1 Å². The van der Waals surface area contributed by atoms with E-state index >= 15 is 0 Å². The highest BCUT2D eigenvalue weighted by molar-refractivity contribution is 7.09.